The topological polar surface area (TPSA) is 59.1 Å². The van der Waals surface area contributed by atoms with Crippen molar-refractivity contribution in [3.8, 4) is 11.3 Å². The first kappa shape index (κ1) is 18.4. The molecule has 0 aliphatic rings. The second-order valence-corrected chi connectivity index (χ2v) is 8.41. The molecule has 0 saturated carbocycles. The van der Waals surface area contributed by atoms with Gasteiger partial charge in [-0.15, -0.1) is 11.3 Å². The summed E-state index contributed by atoms with van der Waals surface area (Å²) in [6, 6.07) is 11.0. The molecular formula is C17H13F3N2O2S2. The first-order chi connectivity index (χ1) is 12.1. The molecule has 2 aromatic carbocycles. The molecule has 0 radical (unpaired) electrons. The van der Waals surface area contributed by atoms with Crippen LogP contribution in [0, 0.1) is 0 Å². The van der Waals surface area contributed by atoms with Gasteiger partial charge in [-0.05, 0) is 36.4 Å². The quantitative estimate of drug-likeness (QED) is 0.674. The molecule has 0 saturated heterocycles. The van der Waals surface area contributed by atoms with E-state index in [-0.39, 0.29) is 4.90 Å². The van der Waals surface area contributed by atoms with Crippen LogP contribution in [0.2, 0.25) is 0 Å². The largest absolute Gasteiger partial charge is 0.416 e. The van der Waals surface area contributed by atoms with Gasteiger partial charge in [-0.2, -0.15) is 13.2 Å². The summed E-state index contributed by atoms with van der Waals surface area (Å²) in [5.74, 6) is 0. The molecule has 26 heavy (non-hydrogen) atoms. The van der Waals surface area contributed by atoms with Crippen LogP contribution >= 0.6 is 11.3 Å². The summed E-state index contributed by atoms with van der Waals surface area (Å²) in [6.45, 7) is 0. The van der Waals surface area contributed by atoms with Gasteiger partial charge in [0.05, 0.1) is 16.2 Å². The molecule has 3 aromatic rings. The number of nitrogens with one attached hydrogen (secondary N) is 1. The Morgan fingerprint density at radius 3 is 2.15 bits per heavy atom. The summed E-state index contributed by atoms with van der Waals surface area (Å²) in [6.07, 6.45) is -3.24. The average molecular weight is 398 g/mol. The van der Waals surface area contributed by atoms with Gasteiger partial charge in [0, 0.05) is 22.9 Å². The first-order valence-electron chi connectivity index (χ1n) is 7.33. The molecule has 0 unspecified atom stereocenters. The minimum absolute atomic E-state index is 0.215. The lowest BCUT2D eigenvalue weighted by molar-refractivity contribution is -0.137. The maximum atomic E-state index is 12.6. The van der Waals surface area contributed by atoms with Crippen molar-refractivity contribution in [2.24, 2.45) is 0 Å². The SMILES string of the molecule is CS(=O)(=O)c1ccc(Nc2nc(-c3ccc(C(F)(F)F)cc3)cs2)cc1. The van der Waals surface area contributed by atoms with Crippen molar-refractivity contribution in [1.82, 2.24) is 4.98 Å². The third-order valence-corrected chi connectivity index (χ3v) is 5.43. The van der Waals surface area contributed by atoms with E-state index in [0.29, 0.717) is 22.1 Å². The number of aromatic nitrogens is 1. The van der Waals surface area contributed by atoms with E-state index in [1.165, 1.54) is 35.6 Å². The van der Waals surface area contributed by atoms with Crippen molar-refractivity contribution in [1.29, 1.82) is 0 Å². The first-order valence-corrected chi connectivity index (χ1v) is 10.1. The van der Waals surface area contributed by atoms with Crippen LogP contribution < -0.4 is 5.32 Å². The van der Waals surface area contributed by atoms with Crippen molar-refractivity contribution in [2.45, 2.75) is 11.1 Å². The highest BCUT2D eigenvalue weighted by Gasteiger charge is 2.30. The zero-order chi connectivity index (χ0) is 18.9. The summed E-state index contributed by atoms with van der Waals surface area (Å²) >= 11 is 1.30. The maximum Gasteiger partial charge on any atom is 0.416 e. The molecular weight excluding hydrogens is 385 g/mol. The Hall–Kier alpha value is -2.39. The summed E-state index contributed by atoms with van der Waals surface area (Å²) in [7, 11) is -3.26. The molecule has 0 atom stereocenters. The summed E-state index contributed by atoms with van der Waals surface area (Å²) in [4.78, 5) is 4.56. The van der Waals surface area contributed by atoms with Crippen molar-refractivity contribution in [2.75, 3.05) is 11.6 Å². The number of sulfone groups is 1. The van der Waals surface area contributed by atoms with Gasteiger partial charge in [0.15, 0.2) is 15.0 Å². The maximum absolute atomic E-state index is 12.6. The molecule has 0 amide bonds. The smallest absolute Gasteiger partial charge is 0.332 e. The number of hydrogen-bond acceptors (Lipinski definition) is 5. The summed E-state index contributed by atoms with van der Waals surface area (Å²) in [5, 5.41) is 5.32. The molecule has 9 heteroatoms. The lowest BCUT2D eigenvalue weighted by Gasteiger charge is -2.06. The van der Waals surface area contributed by atoms with E-state index in [1.807, 2.05) is 0 Å². The highest BCUT2D eigenvalue weighted by Crippen LogP contribution is 2.32. The summed E-state index contributed by atoms with van der Waals surface area (Å²) in [5.41, 5.74) is 1.08. The van der Waals surface area contributed by atoms with Crippen LogP contribution in [0.3, 0.4) is 0 Å². The fourth-order valence-electron chi connectivity index (χ4n) is 2.20. The van der Waals surface area contributed by atoms with E-state index in [1.54, 1.807) is 17.5 Å². The molecule has 0 aliphatic heterocycles. The van der Waals surface area contributed by atoms with Gasteiger partial charge < -0.3 is 5.32 Å². The average Bonchev–Trinajstić information content (AvgIpc) is 3.02. The highest BCUT2D eigenvalue weighted by atomic mass is 32.2. The fourth-order valence-corrected chi connectivity index (χ4v) is 3.57. The molecule has 0 aliphatic carbocycles. The van der Waals surface area contributed by atoms with Gasteiger partial charge in [0.2, 0.25) is 0 Å². The Morgan fingerprint density at radius 2 is 1.62 bits per heavy atom. The van der Waals surface area contributed by atoms with E-state index < -0.39 is 21.6 Å². The summed E-state index contributed by atoms with van der Waals surface area (Å²) < 4.78 is 60.7. The number of hydrogen-bond donors (Lipinski definition) is 1. The Morgan fingerprint density at radius 1 is 1.00 bits per heavy atom. The zero-order valence-corrected chi connectivity index (χ0v) is 15.0. The number of halogens is 3. The van der Waals surface area contributed by atoms with Gasteiger partial charge in [0.25, 0.3) is 0 Å². The van der Waals surface area contributed by atoms with Crippen LogP contribution in [0.15, 0.2) is 58.8 Å². The van der Waals surface area contributed by atoms with Crippen LogP contribution in [0.4, 0.5) is 24.0 Å². The predicted octanol–water partition coefficient (Wildman–Crippen LogP) is 4.98. The Balaban J connectivity index is 1.76. The second-order valence-electron chi connectivity index (χ2n) is 5.53. The predicted molar refractivity (Wildman–Crippen MR) is 95.4 cm³/mol. The third-order valence-electron chi connectivity index (χ3n) is 3.55. The standard InChI is InChI=1S/C17H13F3N2O2S2/c1-26(23,24)14-8-6-13(7-9-14)21-16-22-15(10-25-16)11-2-4-12(5-3-11)17(18,19)20/h2-10H,1H3,(H,21,22). The van der Waals surface area contributed by atoms with Crippen molar-refractivity contribution in [3.63, 3.8) is 0 Å². The molecule has 1 aromatic heterocycles. The number of anilines is 2. The molecule has 4 nitrogen and oxygen atoms in total. The van der Waals surface area contributed by atoms with Gasteiger partial charge in [0.1, 0.15) is 0 Å². The van der Waals surface area contributed by atoms with Crippen molar-refractivity contribution >= 4 is 32.0 Å². The van der Waals surface area contributed by atoms with Crippen LogP contribution in [-0.2, 0) is 16.0 Å². The molecule has 0 fully saturated rings. The molecule has 0 spiro atoms. The van der Waals surface area contributed by atoms with Gasteiger partial charge >= 0.3 is 6.18 Å². The van der Waals surface area contributed by atoms with E-state index in [2.05, 4.69) is 10.3 Å². The molecule has 1 heterocycles. The van der Waals surface area contributed by atoms with E-state index in [0.717, 1.165) is 18.4 Å². The number of thiazole rings is 1. The van der Waals surface area contributed by atoms with E-state index >= 15 is 0 Å². The van der Waals surface area contributed by atoms with Crippen molar-refractivity contribution in [3.05, 3.63) is 59.5 Å². The number of alkyl halides is 3. The van der Waals surface area contributed by atoms with E-state index in [9.17, 15) is 21.6 Å². The third kappa shape index (κ3) is 4.23. The normalized spacial score (nSPS) is 12.2. The number of rotatable bonds is 4. The van der Waals surface area contributed by atoms with Crippen LogP contribution in [0.25, 0.3) is 11.3 Å². The number of nitrogens with zero attached hydrogens (tertiary/aromatic N) is 1. The molecule has 0 bridgehead atoms. The van der Waals surface area contributed by atoms with Crippen LogP contribution in [-0.4, -0.2) is 19.7 Å². The number of benzene rings is 2. The second kappa shape index (κ2) is 6.73. The van der Waals surface area contributed by atoms with Crippen molar-refractivity contribution < 1.29 is 21.6 Å². The minimum atomic E-state index is -4.37. The zero-order valence-electron chi connectivity index (χ0n) is 13.4. The Kier molecular flexibility index (Phi) is 4.76. The monoisotopic (exact) mass is 398 g/mol. The Labute approximate surface area is 152 Å². The van der Waals surface area contributed by atoms with Gasteiger partial charge in [-0.1, -0.05) is 12.1 Å². The van der Waals surface area contributed by atoms with Gasteiger partial charge in [-0.3, -0.25) is 0 Å². The highest BCUT2D eigenvalue weighted by molar-refractivity contribution is 7.90. The molecule has 136 valence electrons. The minimum Gasteiger partial charge on any atom is -0.332 e. The van der Waals surface area contributed by atoms with Crippen LogP contribution in [0.5, 0.6) is 0 Å². The molecule has 1 N–H and O–H groups in total. The lowest BCUT2D eigenvalue weighted by Crippen LogP contribution is -2.03. The van der Waals surface area contributed by atoms with Crippen LogP contribution in [0.1, 0.15) is 5.56 Å². The Bertz CT molecular complexity index is 1010. The lowest BCUT2D eigenvalue weighted by atomic mass is 10.1. The fraction of sp³-hybridized carbons (Fsp3) is 0.118. The molecule has 3 rings (SSSR count). The van der Waals surface area contributed by atoms with Gasteiger partial charge in [-0.25, -0.2) is 13.4 Å². The van der Waals surface area contributed by atoms with E-state index in [4.69, 9.17) is 0 Å².